The van der Waals surface area contributed by atoms with Crippen LogP contribution in [0.25, 0.3) is 0 Å². The Morgan fingerprint density at radius 1 is 1.50 bits per heavy atom. The summed E-state index contributed by atoms with van der Waals surface area (Å²) in [6.07, 6.45) is -1.43. The molecule has 0 saturated heterocycles. The second kappa shape index (κ2) is 4.35. The standard InChI is InChI=1S/C9H18O5/c1-6(11)9(3,14-4)8(2,13)7(12)5-10/h7,10,12-13H,5H2,1-4H3. The number of ketones is 1. The molecule has 0 bridgehead atoms. The van der Waals surface area contributed by atoms with E-state index in [4.69, 9.17) is 9.84 Å². The van der Waals surface area contributed by atoms with Gasteiger partial charge in [-0.3, -0.25) is 4.79 Å². The molecule has 5 heteroatoms. The number of Topliss-reactive ketones (excluding diaryl/α,β-unsaturated/α-hetero) is 1. The highest BCUT2D eigenvalue weighted by atomic mass is 16.5. The first-order chi connectivity index (χ1) is 6.24. The molecular formula is C9H18O5. The number of hydrogen-bond donors (Lipinski definition) is 3. The molecule has 0 aliphatic heterocycles. The van der Waals surface area contributed by atoms with Crippen molar-refractivity contribution in [3.8, 4) is 0 Å². The van der Waals surface area contributed by atoms with Crippen molar-refractivity contribution in [2.75, 3.05) is 13.7 Å². The maximum atomic E-state index is 11.3. The number of methoxy groups -OCH3 is 1. The summed E-state index contributed by atoms with van der Waals surface area (Å²) in [7, 11) is 1.26. The van der Waals surface area contributed by atoms with Crippen molar-refractivity contribution >= 4 is 5.78 Å². The Bertz CT molecular complexity index is 213. The molecule has 0 radical (unpaired) electrons. The van der Waals surface area contributed by atoms with Crippen LogP contribution in [0.2, 0.25) is 0 Å². The van der Waals surface area contributed by atoms with Gasteiger partial charge in [-0.2, -0.15) is 0 Å². The molecule has 0 aliphatic rings. The summed E-state index contributed by atoms with van der Waals surface area (Å²) >= 11 is 0. The van der Waals surface area contributed by atoms with Gasteiger partial charge >= 0.3 is 0 Å². The van der Waals surface area contributed by atoms with E-state index in [1.165, 1.54) is 27.9 Å². The third kappa shape index (κ3) is 1.95. The zero-order valence-electron chi connectivity index (χ0n) is 8.94. The Morgan fingerprint density at radius 2 is 1.93 bits per heavy atom. The molecule has 3 atom stereocenters. The molecule has 0 aromatic rings. The fourth-order valence-electron chi connectivity index (χ4n) is 1.20. The third-order valence-electron chi connectivity index (χ3n) is 2.87. The largest absolute Gasteiger partial charge is 0.394 e. The van der Waals surface area contributed by atoms with Crippen molar-refractivity contribution < 1.29 is 24.9 Å². The quantitative estimate of drug-likeness (QED) is 0.542. The van der Waals surface area contributed by atoms with Gasteiger partial charge in [0.15, 0.2) is 11.4 Å². The first-order valence-corrected chi connectivity index (χ1v) is 4.31. The fraction of sp³-hybridized carbons (Fsp3) is 0.889. The summed E-state index contributed by atoms with van der Waals surface area (Å²) in [5.74, 6) is -0.419. The Kier molecular flexibility index (Phi) is 4.20. The summed E-state index contributed by atoms with van der Waals surface area (Å²) in [4.78, 5) is 11.3. The predicted molar refractivity (Wildman–Crippen MR) is 49.8 cm³/mol. The van der Waals surface area contributed by atoms with E-state index in [0.717, 1.165) is 0 Å². The highest BCUT2D eigenvalue weighted by Gasteiger charge is 2.52. The number of aliphatic hydroxyl groups excluding tert-OH is 2. The topological polar surface area (TPSA) is 87.0 Å². The average molecular weight is 206 g/mol. The van der Waals surface area contributed by atoms with Gasteiger partial charge in [0.1, 0.15) is 11.7 Å². The molecule has 0 aliphatic carbocycles. The first kappa shape index (κ1) is 13.5. The lowest BCUT2D eigenvalue weighted by atomic mass is 9.79. The van der Waals surface area contributed by atoms with Crippen LogP contribution in [0, 0.1) is 0 Å². The number of rotatable bonds is 5. The SMILES string of the molecule is COC(C)(C(C)=O)C(C)(O)C(O)CO. The summed E-state index contributed by atoms with van der Waals surface area (Å²) in [5.41, 5.74) is -3.36. The van der Waals surface area contributed by atoms with Crippen molar-refractivity contribution in [1.82, 2.24) is 0 Å². The molecule has 3 N–H and O–H groups in total. The maximum absolute atomic E-state index is 11.3. The van der Waals surface area contributed by atoms with Gasteiger partial charge in [0, 0.05) is 7.11 Å². The fourth-order valence-corrected chi connectivity index (χ4v) is 1.20. The monoisotopic (exact) mass is 206 g/mol. The molecule has 0 saturated carbocycles. The normalized spacial score (nSPS) is 22.2. The molecule has 0 heterocycles. The van der Waals surface area contributed by atoms with Crippen LogP contribution in [-0.2, 0) is 9.53 Å². The number of hydrogen-bond acceptors (Lipinski definition) is 5. The second-order valence-electron chi connectivity index (χ2n) is 3.64. The van der Waals surface area contributed by atoms with E-state index in [0.29, 0.717) is 0 Å². The molecular weight excluding hydrogens is 188 g/mol. The summed E-state index contributed by atoms with van der Waals surface area (Å²) in [6, 6.07) is 0. The summed E-state index contributed by atoms with van der Waals surface area (Å²) in [5, 5.41) is 28.0. The number of ether oxygens (including phenoxy) is 1. The van der Waals surface area contributed by atoms with Crippen molar-refractivity contribution in [3.63, 3.8) is 0 Å². The Labute approximate surface area is 83.3 Å². The van der Waals surface area contributed by atoms with Gasteiger partial charge in [0.25, 0.3) is 0 Å². The van der Waals surface area contributed by atoms with Gasteiger partial charge in [0.2, 0.25) is 0 Å². The van der Waals surface area contributed by atoms with Gasteiger partial charge in [-0.25, -0.2) is 0 Å². The Hall–Kier alpha value is -0.490. The number of carbonyl (C=O) groups is 1. The van der Waals surface area contributed by atoms with Crippen LogP contribution < -0.4 is 0 Å². The van der Waals surface area contributed by atoms with Crippen molar-refractivity contribution in [1.29, 1.82) is 0 Å². The highest BCUT2D eigenvalue weighted by Crippen LogP contribution is 2.29. The average Bonchev–Trinajstić information content (AvgIpc) is 2.14. The Morgan fingerprint density at radius 3 is 2.14 bits per heavy atom. The van der Waals surface area contributed by atoms with Gasteiger partial charge in [0.05, 0.1) is 6.61 Å². The second-order valence-corrected chi connectivity index (χ2v) is 3.64. The van der Waals surface area contributed by atoms with Crippen LogP contribution in [-0.4, -0.2) is 52.1 Å². The van der Waals surface area contributed by atoms with Crippen LogP contribution in [0.5, 0.6) is 0 Å². The van der Waals surface area contributed by atoms with Crippen molar-refractivity contribution in [2.24, 2.45) is 0 Å². The van der Waals surface area contributed by atoms with E-state index >= 15 is 0 Å². The zero-order valence-corrected chi connectivity index (χ0v) is 8.94. The van der Waals surface area contributed by atoms with Gasteiger partial charge in [-0.05, 0) is 20.8 Å². The van der Waals surface area contributed by atoms with Gasteiger partial charge in [-0.1, -0.05) is 0 Å². The smallest absolute Gasteiger partial charge is 0.164 e. The molecule has 84 valence electrons. The van der Waals surface area contributed by atoms with Crippen LogP contribution >= 0.6 is 0 Å². The lowest BCUT2D eigenvalue weighted by Crippen LogP contribution is -2.63. The molecule has 0 amide bonds. The first-order valence-electron chi connectivity index (χ1n) is 4.31. The maximum Gasteiger partial charge on any atom is 0.164 e. The number of carbonyl (C=O) groups excluding carboxylic acids is 1. The molecule has 0 rings (SSSR count). The highest BCUT2D eigenvalue weighted by molar-refractivity contribution is 5.86. The molecule has 5 nitrogen and oxygen atoms in total. The predicted octanol–water partition coefficient (Wildman–Crippen LogP) is -0.915. The summed E-state index contributed by atoms with van der Waals surface area (Å²) in [6.45, 7) is 3.23. The van der Waals surface area contributed by atoms with E-state index in [-0.39, 0.29) is 0 Å². The van der Waals surface area contributed by atoms with Crippen LogP contribution in [0.4, 0.5) is 0 Å². The van der Waals surface area contributed by atoms with Crippen LogP contribution in [0.3, 0.4) is 0 Å². The van der Waals surface area contributed by atoms with E-state index in [1.54, 1.807) is 0 Å². The molecule has 14 heavy (non-hydrogen) atoms. The molecule has 0 fully saturated rings. The molecule has 0 aromatic heterocycles. The van der Waals surface area contributed by atoms with E-state index in [9.17, 15) is 15.0 Å². The van der Waals surface area contributed by atoms with E-state index < -0.39 is 29.7 Å². The third-order valence-corrected chi connectivity index (χ3v) is 2.87. The minimum absolute atomic E-state index is 0.419. The lowest BCUT2D eigenvalue weighted by Gasteiger charge is -2.41. The zero-order chi connectivity index (χ0) is 11.6. The van der Waals surface area contributed by atoms with Crippen LogP contribution in [0.1, 0.15) is 20.8 Å². The minimum atomic E-state index is -1.83. The summed E-state index contributed by atoms with van der Waals surface area (Å²) < 4.78 is 4.92. The molecule has 0 aromatic carbocycles. The molecule has 3 unspecified atom stereocenters. The minimum Gasteiger partial charge on any atom is -0.394 e. The van der Waals surface area contributed by atoms with Crippen molar-refractivity contribution in [3.05, 3.63) is 0 Å². The van der Waals surface area contributed by atoms with Gasteiger partial charge < -0.3 is 20.1 Å². The number of aliphatic hydroxyl groups is 3. The van der Waals surface area contributed by atoms with E-state index in [2.05, 4.69) is 0 Å². The lowest BCUT2D eigenvalue weighted by molar-refractivity contribution is -0.204. The Balaban J connectivity index is 5.10. The van der Waals surface area contributed by atoms with Gasteiger partial charge in [-0.15, -0.1) is 0 Å². The molecule has 0 spiro atoms. The van der Waals surface area contributed by atoms with Crippen molar-refractivity contribution in [2.45, 2.75) is 38.1 Å². The van der Waals surface area contributed by atoms with E-state index in [1.807, 2.05) is 0 Å². The van der Waals surface area contributed by atoms with Crippen LogP contribution in [0.15, 0.2) is 0 Å².